The summed E-state index contributed by atoms with van der Waals surface area (Å²) in [5.41, 5.74) is 1.78. The van der Waals surface area contributed by atoms with Crippen LogP contribution in [0, 0.1) is 6.92 Å². The monoisotopic (exact) mass is 348 g/mol. The average Bonchev–Trinajstić information content (AvgIpc) is 3.13. The molecule has 1 aromatic heterocycles. The maximum absolute atomic E-state index is 12.1. The average molecular weight is 348 g/mol. The van der Waals surface area contributed by atoms with Crippen LogP contribution < -0.4 is 9.47 Å². The van der Waals surface area contributed by atoms with Crippen LogP contribution in [0.4, 0.5) is 0 Å². The van der Waals surface area contributed by atoms with Crippen molar-refractivity contribution in [2.24, 2.45) is 0 Å². The molecule has 0 radical (unpaired) electrons. The first-order chi connectivity index (χ1) is 12.6. The van der Waals surface area contributed by atoms with Gasteiger partial charge < -0.3 is 13.9 Å². The smallest absolute Gasteiger partial charge is 0.185 e. The lowest BCUT2D eigenvalue weighted by Gasteiger charge is -2.05. The molecule has 0 bridgehead atoms. The summed E-state index contributed by atoms with van der Waals surface area (Å²) in [7, 11) is 1.62. The lowest BCUT2D eigenvalue weighted by atomic mass is 10.1. The largest absolute Gasteiger partial charge is 0.497 e. The Hall–Kier alpha value is -3.27. The van der Waals surface area contributed by atoms with Gasteiger partial charge in [-0.25, -0.2) is 0 Å². The van der Waals surface area contributed by atoms with E-state index in [1.54, 1.807) is 13.2 Å². The molecule has 1 heterocycles. The number of hydrogen-bond acceptors (Lipinski definition) is 4. The molecule has 0 unspecified atom stereocenters. The van der Waals surface area contributed by atoms with Crippen LogP contribution in [-0.4, -0.2) is 12.9 Å². The second-order valence-corrected chi connectivity index (χ2v) is 5.83. The van der Waals surface area contributed by atoms with Crippen LogP contribution in [0.2, 0.25) is 0 Å². The maximum Gasteiger partial charge on any atom is 0.185 e. The zero-order valence-corrected chi connectivity index (χ0v) is 14.8. The van der Waals surface area contributed by atoms with E-state index < -0.39 is 0 Å². The third-order valence-electron chi connectivity index (χ3n) is 3.86. The van der Waals surface area contributed by atoms with Crippen LogP contribution in [0.25, 0.3) is 6.08 Å². The van der Waals surface area contributed by atoms with Crippen molar-refractivity contribution >= 4 is 11.9 Å². The molecule has 0 spiro atoms. The van der Waals surface area contributed by atoms with Gasteiger partial charge in [0, 0.05) is 5.56 Å². The summed E-state index contributed by atoms with van der Waals surface area (Å²) < 4.78 is 16.4. The third kappa shape index (κ3) is 4.63. The zero-order valence-electron chi connectivity index (χ0n) is 14.8. The molecule has 0 saturated carbocycles. The second kappa shape index (κ2) is 8.21. The predicted octanol–water partition coefficient (Wildman–Crippen LogP) is 5.07. The minimum Gasteiger partial charge on any atom is -0.497 e. The highest BCUT2D eigenvalue weighted by Gasteiger charge is 2.04. The summed E-state index contributed by atoms with van der Waals surface area (Å²) in [4.78, 5) is 12.1. The van der Waals surface area contributed by atoms with Crippen molar-refractivity contribution in [3.8, 4) is 11.5 Å². The molecular weight excluding hydrogens is 328 g/mol. The number of ketones is 1. The molecule has 0 fully saturated rings. The van der Waals surface area contributed by atoms with E-state index in [1.807, 2.05) is 67.6 Å². The van der Waals surface area contributed by atoms with Gasteiger partial charge >= 0.3 is 0 Å². The first-order valence-electron chi connectivity index (χ1n) is 8.29. The van der Waals surface area contributed by atoms with Crippen molar-refractivity contribution in [1.82, 2.24) is 0 Å². The number of aryl methyl sites for hydroxylation is 1. The van der Waals surface area contributed by atoms with Gasteiger partial charge in [-0.15, -0.1) is 0 Å². The zero-order chi connectivity index (χ0) is 18.4. The summed E-state index contributed by atoms with van der Waals surface area (Å²) in [6.07, 6.45) is 3.18. The molecule has 3 rings (SSSR count). The Labute approximate surface area is 152 Å². The molecule has 0 aliphatic rings. The van der Waals surface area contributed by atoms with E-state index in [0.717, 1.165) is 17.1 Å². The van der Waals surface area contributed by atoms with Crippen LogP contribution in [0.1, 0.15) is 27.4 Å². The quantitative estimate of drug-likeness (QED) is 0.442. The molecule has 4 nitrogen and oxygen atoms in total. The number of ether oxygens (including phenoxy) is 2. The third-order valence-corrected chi connectivity index (χ3v) is 3.86. The molecule has 0 N–H and O–H groups in total. The van der Waals surface area contributed by atoms with Crippen molar-refractivity contribution in [1.29, 1.82) is 0 Å². The number of allylic oxidation sites excluding steroid dienone is 1. The SMILES string of the molecule is COc1ccc(OCc2ccc(/C=C/C(=O)c3ccc(C)cc3)o2)cc1. The maximum atomic E-state index is 12.1. The normalized spacial score (nSPS) is 10.8. The standard InChI is InChI=1S/C22H20O4/c1-16-3-5-17(6-4-16)22(23)14-13-20-11-12-21(26-20)15-25-19-9-7-18(24-2)8-10-19/h3-14H,15H2,1-2H3/b14-13+. The van der Waals surface area contributed by atoms with E-state index in [-0.39, 0.29) is 5.78 Å². The molecule has 0 aliphatic heterocycles. The van der Waals surface area contributed by atoms with Crippen molar-refractivity contribution in [3.63, 3.8) is 0 Å². The van der Waals surface area contributed by atoms with Gasteiger partial charge in [-0.2, -0.15) is 0 Å². The summed E-state index contributed by atoms with van der Waals surface area (Å²) in [6, 6.07) is 18.5. The molecule has 0 amide bonds. The number of benzene rings is 2. The van der Waals surface area contributed by atoms with Crippen molar-refractivity contribution < 1.29 is 18.7 Å². The number of rotatable bonds is 7. The summed E-state index contributed by atoms with van der Waals surface area (Å²) in [5, 5.41) is 0. The van der Waals surface area contributed by atoms with Gasteiger partial charge in [-0.05, 0) is 55.5 Å². The Bertz CT molecular complexity index is 887. The van der Waals surface area contributed by atoms with Gasteiger partial charge in [0.15, 0.2) is 5.78 Å². The van der Waals surface area contributed by atoms with Crippen LogP contribution in [0.15, 0.2) is 71.2 Å². The molecule has 0 atom stereocenters. The van der Waals surface area contributed by atoms with Crippen molar-refractivity contribution in [2.75, 3.05) is 7.11 Å². The topological polar surface area (TPSA) is 48.7 Å². The molecular formula is C22H20O4. The molecule has 0 saturated heterocycles. The van der Waals surface area contributed by atoms with E-state index >= 15 is 0 Å². The van der Waals surface area contributed by atoms with Crippen LogP contribution in [0.5, 0.6) is 11.5 Å². The van der Waals surface area contributed by atoms with Crippen LogP contribution >= 0.6 is 0 Å². The highest BCUT2D eigenvalue weighted by atomic mass is 16.5. The van der Waals surface area contributed by atoms with Gasteiger partial charge in [0.2, 0.25) is 0 Å². The fraction of sp³-hybridized carbons (Fsp3) is 0.136. The van der Waals surface area contributed by atoms with Gasteiger partial charge in [0.05, 0.1) is 7.11 Å². The van der Waals surface area contributed by atoms with Gasteiger partial charge in [-0.3, -0.25) is 4.79 Å². The number of carbonyl (C=O) groups excluding carboxylic acids is 1. The Kier molecular flexibility index (Phi) is 5.54. The fourth-order valence-electron chi connectivity index (χ4n) is 2.36. The fourth-order valence-corrected chi connectivity index (χ4v) is 2.36. The van der Waals surface area contributed by atoms with Gasteiger partial charge in [0.25, 0.3) is 0 Å². The lowest BCUT2D eigenvalue weighted by molar-refractivity contribution is 0.104. The molecule has 0 aliphatic carbocycles. The van der Waals surface area contributed by atoms with E-state index in [1.165, 1.54) is 6.08 Å². The second-order valence-electron chi connectivity index (χ2n) is 5.83. The predicted molar refractivity (Wildman–Crippen MR) is 101 cm³/mol. The van der Waals surface area contributed by atoms with E-state index in [0.29, 0.717) is 23.7 Å². The van der Waals surface area contributed by atoms with Gasteiger partial charge in [-0.1, -0.05) is 29.8 Å². The highest BCUT2D eigenvalue weighted by Crippen LogP contribution is 2.19. The Balaban J connectivity index is 1.56. The van der Waals surface area contributed by atoms with E-state index in [2.05, 4.69) is 0 Å². The minimum atomic E-state index is -0.0579. The van der Waals surface area contributed by atoms with Crippen molar-refractivity contribution in [3.05, 3.63) is 89.4 Å². The lowest BCUT2D eigenvalue weighted by Crippen LogP contribution is -1.94. The summed E-state index contributed by atoms with van der Waals surface area (Å²) in [6.45, 7) is 2.30. The number of furan rings is 1. The van der Waals surface area contributed by atoms with E-state index in [4.69, 9.17) is 13.9 Å². The van der Waals surface area contributed by atoms with E-state index in [9.17, 15) is 4.79 Å². The molecule has 4 heteroatoms. The van der Waals surface area contributed by atoms with Crippen molar-refractivity contribution in [2.45, 2.75) is 13.5 Å². The first kappa shape index (κ1) is 17.5. The summed E-state index contributed by atoms with van der Waals surface area (Å²) in [5.74, 6) is 2.74. The molecule has 3 aromatic rings. The Morgan fingerprint density at radius 2 is 1.65 bits per heavy atom. The Morgan fingerprint density at radius 1 is 0.962 bits per heavy atom. The molecule has 26 heavy (non-hydrogen) atoms. The number of methoxy groups -OCH3 is 1. The minimum absolute atomic E-state index is 0.0579. The van der Waals surface area contributed by atoms with Gasteiger partial charge in [0.1, 0.15) is 29.6 Å². The van der Waals surface area contributed by atoms with Crippen LogP contribution in [-0.2, 0) is 6.61 Å². The number of carbonyl (C=O) groups is 1. The Morgan fingerprint density at radius 3 is 2.35 bits per heavy atom. The van der Waals surface area contributed by atoms with Crippen LogP contribution in [0.3, 0.4) is 0 Å². The molecule has 2 aromatic carbocycles. The summed E-state index contributed by atoms with van der Waals surface area (Å²) >= 11 is 0. The number of hydrogen-bond donors (Lipinski definition) is 0. The highest BCUT2D eigenvalue weighted by molar-refractivity contribution is 6.06. The molecule has 132 valence electrons. The first-order valence-corrected chi connectivity index (χ1v) is 8.29.